The minimum absolute atomic E-state index is 0.150. The molecule has 0 aliphatic carbocycles. The molecule has 26 heavy (non-hydrogen) atoms. The standard InChI is InChI=1S/C19H27FN6/c1-2-26-18(21-13-23-26)12-25-8-6-14(7-9-25)19-17(11-22-24-19)15-4-3-5-16(20)10-15/h3-5,10,13-14,17,19,22,24H,2,6-9,11-12H2,1H3. The summed E-state index contributed by atoms with van der Waals surface area (Å²) in [7, 11) is 0. The summed E-state index contributed by atoms with van der Waals surface area (Å²) in [5.74, 6) is 1.82. The van der Waals surface area contributed by atoms with Crippen LogP contribution in [0.1, 0.15) is 37.1 Å². The van der Waals surface area contributed by atoms with E-state index in [4.69, 9.17) is 0 Å². The van der Waals surface area contributed by atoms with Gasteiger partial charge in [0.2, 0.25) is 0 Å². The molecule has 2 aromatic rings. The number of nitrogens with zero attached hydrogens (tertiary/aromatic N) is 4. The summed E-state index contributed by atoms with van der Waals surface area (Å²) in [5.41, 5.74) is 7.84. The minimum atomic E-state index is -0.150. The molecule has 3 heterocycles. The Morgan fingerprint density at radius 2 is 2.12 bits per heavy atom. The second-order valence-electron chi connectivity index (χ2n) is 7.32. The number of hydrogen-bond donors (Lipinski definition) is 2. The normalized spacial score (nSPS) is 25.0. The zero-order valence-corrected chi connectivity index (χ0v) is 15.2. The van der Waals surface area contributed by atoms with Gasteiger partial charge >= 0.3 is 0 Å². The molecule has 4 rings (SSSR count). The highest BCUT2D eigenvalue weighted by Gasteiger charge is 2.36. The molecule has 0 amide bonds. The first-order valence-corrected chi connectivity index (χ1v) is 9.57. The molecule has 1 aromatic heterocycles. The van der Waals surface area contributed by atoms with Crippen molar-refractivity contribution in [3.63, 3.8) is 0 Å². The van der Waals surface area contributed by atoms with Gasteiger partial charge in [0.15, 0.2) is 0 Å². The lowest BCUT2D eigenvalue weighted by Gasteiger charge is -2.36. The lowest BCUT2D eigenvalue weighted by molar-refractivity contribution is 0.147. The topological polar surface area (TPSA) is 58.0 Å². The van der Waals surface area contributed by atoms with Crippen LogP contribution < -0.4 is 10.9 Å². The van der Waals surface area contributed by atoms with Gasteiger partial charge in [-0.2, -0.15) is 5.10 Å². The van der Waals surface area contributed by atoms with E-state index in [0.29, 0.717) is 17.9 Å². The predicted molar refractivity (Wildman–Crippen MR) is 97.8 cm³/mol. The van der Waals surface area contributed by atoms with E-state index in [2.05, 4.69) is 32.8 Å². The first-order chi connectivity index (χ1) is 12.7. The summed E-state index contributed by atoms with van der Waals surface area (Å²) >= 11 is 0. The van der Waals surface area contributed by atoms with E-state index in [1.165, 1.54) is 6.07 Å². The molecule has 6 nitrogen and oxygen atoms in total. The van der Waals surface area contributed by atoms with Gasteiger partial charge in [0, 0.05) is 25.0 Å². The number of likely N-dealkylation sites (tertiary alicyclic amines) is 1. The molecule has 2 fully saturated rings. The second kappa shape index (κ2) is 7.82. The third kappa shape index (κ3) is 3.65. The Morgan fingerprint density at radius 1 is 1.27 bits per heavy atom. The highest BCUT2D eigenvalue weighted by atomic mass is 19.1. The van der Waals surface area contributed by atoms with Crippen LogP contribution in [0.15, 0.2) is 30.6 Å². The van der Waals surface area contributed by atoms with Crippen molar-refractivity contribution >= 4 is 0 Å². The Morgan fingerprint density at radius 3 is 2.88 bits per heavy atom. The molecule has 2 saturated heterocycles. The van der Waals surface area contributed by atoms with Gasteiger partial charge in [-0.05, 0) is 56.5 Å². The van der Waals surface area contributed by atoms with Gasteiger partial charge in [-0.1, -0.05) is 12.1 Å². The number of halogens is 1. The molecule has 2 N–H and O–H groups in total. The Kier molecular flexibility index (Phi) is 5.28. The van der Waals surface area contributed by atoms with Crippen LogP contribution in [0.25, 0.3) is 0 Å². The van der Waals surface area contributed by atoms with E-state index in [9.17, 15) is 4.39 Å². The third-order valence-electron chi connectivity index (χ3n) is 5.80. The average molecular weight is 358 g/mol. The molecule has 2 aliphatic heterocycles. The fraction of sp³-hybridized carbons (Fsp3) is 0.579. The number of hydrazine groups is 1. The van der Waals surface area contributed by atoms with E-state index >= 15 is 0 Å². The quantitative estimate of drug-likeness (QED) is 0.855. The van der Waals surface area contributed by atoms with Crippen LogP contribution in [-0.4, -0.2) is 45.3 Å². The Bertz CT molecular complexity index is 724. The maximum Gasteiger partial charge on any atom is 0.140 e. The van der Waals surface area contributed by atoms with Gasteiger partial charge in [-0.15, -0.1) is 0 Å². The molecule has 7 heteroatoms. The van der Waals surface area contributed by atoms with E-state index in [1.807, 2.05) is 16.8 Å². The van der Waals surface area contributed by atoms with Gasteiger partial charge in [-0.3, -0.25) is 15.8 Å². The Labute approximate surface area is 153 Å². The zero-order valence-electron chi connectivity index (χ0n) is 15.2. The summed E-state index contributed by atoms with van der Waals surface area (Å²) in [5, 5.41) is 4.26. The van der Waals surface area contributed by atoms with Crippen LogP contribution in [0, 0.1) is 11.7 Å². The van der Waals surface area contributed by atoms with Crippen LogP contribution in [0.5, 0.6) is 0 Å². The van der Waals surface area contributed by atoms with Crippen molar-refractivity contribution in [2.24, 2.45) is 5.92 Å². The maximum absolute atomic E-state index is 13.6. The molecule has 2 atom stereocenters. The summed E-state index contributed by atoms with van der Waals surface area (Å²) in [6, 6.07) is 7.41. The molecule has 2 unspecified atom stereocenters. The van der Waals surface area contributed by atoms with Gasteiger partial charge in [0.25, 0.3) is 0 Å². The van der Waals surface area contributed by atoms with Gasteiger partial charge in [0.1, 0.15) is 18.0 Å². The number of rotatable bonds is 5. The number of benzene rings is 1. The largest absolute Gasteiger partial charge is 0.296 e. The van der Waals surface area contributed by atoms with Gasteiger partial charge < -0.3 is 0 Å². The molecular formula is C19H27FN6. The van der Waals surface area contributed by atoms with Crippen LogP contribution in [0.2, 0.25) is 0 Å². The number of hydrogen-bond acceptors (Lipinski definition) is 5. The monoisotopic (exact) mass is 358 g/mol. The molecule has 2 aliphatic rings. The molecule has 0 spiro atoms. The van der Waals surface area contributed by atoms with Crippen molar-refractivity contribution < 1.29 is 4.39 Å². The third-order valence-corrected chi connectivity index (χ3v) is 5.80. The zero-order chi connectivity index (χ0) is 17.9. The summed E-state index contributed by atoms with van der Waals surface area (Å²) in [6.07, 6.45) is 3.93. The predicted octanol–water partition coefficient (Wildman–Crippen LogP) is 1.91. The molecular weight excluding hydrogens is 331 g/mol. The van der Waals surface area contributed by atoms with E-state index in [0.717, 1.165) is 57.0 Å². The number of nitrogens with one attached hydrogen (secondary N) is 2. The molecule has 0 bridgehead atoms. The summed E-state index contributed by atoms with van der Waals surface area (Å²) < 4.78 is 15.6. The van der Waals surface area contributed by atoms with Gasteiger partial charge in [-0.25, -0.2) is 14.1 Å². The molecule has 1 aromatic carbocycles. The summed E-state index contributed by atoms with van der Waals surface area (Å²) in [4.78, 5) is 6.85. The van der Waals surface area contributed by atoms with E-state index in [-0.39, 0.29) is 5.82 Å². The highest BCUT2D eigenvalue weighted by Crippen LogP contribution is 2.32. The van der Waals surface area contributed by atoms with Crippen molar-refractivity contribution in [1.82, 2.24) is 30.5 Å². The lowest BCUT2D eigenvalue weighted by atomic mass is 9.80. The maximum atomic E-state index is 13.6. The first-order valence-electron chi connectivity index (χ1n) is 9.57. The number of aryl methyl sites for hydroxylation is 1. The highest BCUT2D eigenvalue weighted by molar-refractivity contribution is 5.24. The lowest BCUT2D eigenvalue weighted by Crippen LogP contribution is -2.44. The van der Waals surface area contributed by atoms with Crippen molar-refractivity contribution in [2.75, 3.05) is 19.6 Å². The number of piperidine rings is 1. The van der Waals surface area contributed by atoms with Crippen molar-refractivity contribution in [3.05, 3.63) is 47.8 Å². The average Bonchev–Trinajstić information content (AvgIpc) is 3.31. The fourth-order valence-corrected chi connectivity index (χ4v) is 4.37. The smallest absolute Gasteiger partial charge is 0.140 e. The molecule has 0 saturated carbocycles. The van der Waals surface area contributed by atoms with E-state index in [1.54, 1.807) is 12.4 Å². The van der Waals surface area contributed by atoms with E-state index < -0.39 is 0 Å². The first kappa shape index (κ1) is 17.6. The van der Waals surface area contributed by atoms with Gasteiger partial charge in [0.05, 0.1) is 6.54 Å². The SMILES string of the molecule is CCn1ncnc1CN1CCC(C2NNCC2c2cccc(F)c2)CC1. The van der Waals surface area contributed by atoms with Crippen LogP contribution >= 0.6 is 0 Å². The molecule has 140 valence electrons. The van der Waals surface area contributed by atoms with Crippen molar-refractivity contribution in [1.29, 1.82) is 0 Å². The Hall–Kier alpha value is -1.83. The molecule has 0 radical (unpaired) electrons. The van der Waals surface area contributed by atoms with Crippen LogP contribution in [-0.2, 0) is 13.1 Å². The second-order valence-corrected chi connectivity index (χ2v) is 7.32. The number of aromatic nitrogens is 3. The van der Waals surface area contributed by atoms with Crippen molar-refractivity contribution in [2.45, 2.75) is 44.8 Å². The van der Waals surface area contributed by atoms with Crippen LogP contribution in [0.3, 0.4) is 0 Å². The van der Waals surface area contributed by atoms with Crippen LogP contribution in [0.4, 0.5) is 4.39 Å². The summed E-state index contributed by atoms with van der Waals surface area (Å²) in [6.45, 7) is 6.80. The Balaban J connectivity index is 1.36. The fourth-order valence-electron chi connectivity index (χ4n) is 4.37. The van der Waals surface area contributed by atoms with Crippen molar-refractivity contribution in [3.8, 4) is 0 Å². The minimum Gasteiger partial charge on any atom is -0.296 e.